The Hall–Kier alpha value is 0. The Morgan fingerprint density at radius 1 is 1.13 bits per heavy atom. The Labute approximate surface area is 95.8 Å². The van der Waals surface area contributed by atoms with Crippen LogP contribution in [-0.2, 0) is 0 Å². The molecule has 0 N–H and O–H groups in total. The molecule has 0 aromatic rings. The van der Waals surface area contributed by atoms with Crippen LogP contribution < -0.4 is 0 Å². The predicted octanol–water partition coefficient (Wildman–Crippen LogP) is 4.89. The number of fused-ring (bicyclic) bond motifs is 1. The first-order chi connectivity index (χ1) is 7.26. The maximum absolute atomic E-state index is 2.46. The van der Waals surface area contributed by atoms with E-state index in [1.807, 2.05) is 0 Å². The van der Waals surface area contributed by atoms with Gasteiger partial charge in [-0.1, -0.05) is 40.0 Å². The summed E-state index contributed by atoms with van der Waals surface area (Å²) in [7, 11) is 0. The molecule has 0 heterocycles. The van der Waals surface area contributed by atoms with Gasteiger partial charge in [0.15, 0.2) is 0 Å². The third-order valence-electron chi connectivity index (χ3n) is 5.34. The molecule has 5 atom stereocenters. The van der Waals surface area contributed by atoms with E-state index in [0.717, 1.165) is 29.6 Å². The topological polar surface area (TPSA) is 0 Å². The van der Waals surface area contributed by atoms with Crippen molar-refractivity contribution in [3.63, 3.8) is 0 Å². The predicted molar refractivity (Wildman–Crippen MR) is 66.8 cm³/mol. The molecule has 0 radical (unpaired) electrons. The van der Waals surface area contributed by atoms with Crippen LogP contribution in [0.1, 0.15) is 65.7 Å². The van der Waals surface area contributed by atoms with E-state index < -0.39 is 0 Å². The van der Waals surface area contributed by atoms with Gasteiger partial charge in [-0.25, -0.2) is 0 Å². The van der Waals surface area contributed by atoms with Crippen LogP contribution in [0.2, 0.25) is 0 Å². The van der Waals surface area contributed by atoms with E-state index in [-0.39, 0.29) is 0 Å². The molecule has 0 aromatic heterocycles. The fraction of sp³-hybridized carbons (Fsp3) is 1.00. The lowest BCUT2D eigenvalue weighted by molar-refractivity contribution is 0.000595. The first-order valence-corrected chi connectivity index (χ1v) is 7.26. The lowest BCUT2D eigenvalue weighted by atomic mass is 9.55. The number of hydrogen-bond donors (Lipinski definition) is 0. The molecule has 0 heteroatoms. The van der Waals surface area contributed by atoms with Crippen LogP contribution in [0.25, 0.3) is 0 Å². The van der Waals surface area contributed by atoms with Gasteiger partial charge in [-0.15, -0.1) is 0 Å². The zero-order valence-corrected chi connectivity index (χ0v) is 10.8. The molecule has 2 rings (SSSR count). The summed E-state index contributed by atoms with van der Waals surface area (Å²) in [5.41, 5.74) is 0. The van der Waals surface area contributed by atoms with Gasteiger partial charge >= 0.3 is 0 Å². The molecular formula is C15H28. The molecule has 0 spiro atoms. The first kappa shape index (κ1) is 11.5. The Bertz CT molecular complexity index is 196. The van der Waals surface area contributed by atoms with Crippen molar-refractivity contribution < 1.29 is 0 Å². The van der Waals surface area contributed by atoms with Crippen molar-refractivity contribution >= 4 is 0 Å². The minimum atomic E-state index is 1.05. The van der Waals surface area contributed by atoms with Crippen LogP contribution >= 0.6 is 0 Å². The second-order valence-electron chi connectivity index (χ2n) is 6.17. The summed E-state index contributed by atoms with van der Waals surface area (Å²) in [6, 6.07) is 0. The molecule has 0 aromatic carbocycles. The number of hydrogen-bond acceptors (Lipinski definition) is 0. The summed E-state index contributed by atoms with van der Waals surface area (Å²) in [4.78, 5) is 0. The van der Waals surface area contributed by atoms with Gasteiger partial charge in [-0.2, -0.15) is 0 Å². The van der Waals surface area contributed by atoms with E-state index in [4.69, 9.17) is 0 Å². The van der Waals surface area contributed by atoms with Gasteiger partial charge in [0.25, 0.3) is 0 Å². The van der Waals surface area contributed by atoms with Crippen LogP contribution in [0.5, 0.6) is 0 Å². The lowest BCUT2D eigenvalue weighted by Gasteiger charge is -2.50. The maximum atomic E-state index is 2.46. The zero-order valence-electron chi connectivity index (χ0n) is 10.8. The van der Waals surface area contributed by atoms with E-state index in [1.54, 1.807) is 25.7 Å². The van der Waals surface area contributed by atoms with Gasteiger partial charge < -0.3 is 0 Å². The lowest BCUT2D eigenvalue weighted by Crippen LogP contribution is -2.41. The van der Waals surface area contributed by atoms with Crippen molar-refractivity contribution in [1.82, 2.24) is 0 Å². The average Bonchev–Trinajstić information content (AvgIpc) is 2.24. The largest absolute Gasteiger partial charge is 0.0654 e. The van der Waals surface area contributed by atoms with E-state index in [9.17, 15) is 0 Å². The van der Waals surface area contributed by atoms with Crippen LogP contribution in [-0.4, -0.2) is 0 Å². The minimum Gasteiger partial charge on any atom is -0.0654 e. The summed E-state index contributed by atoms with van der Waals surface area (Å²) in [6.07, 6.45) is 10.5. The van der Waals surface area contributed by atoms with E-state index in [1.165, 1.54) is 19.3 Å². The van der Waals surface area contributed by atoms with Crippen LogP contribution in [0.4, 0.5) is 0 Å². The third-order valence-corrected chi connectivity index (χ3v) is 5.34. The van der Waals surface area contributed by atoms with Gasteiger partial charge in [0.1, 0.15) is 0 Å². The van der Waals surface area contributed by atoms with E-state index in [0.29, 0.717) is 0 Å². The van der Waals surface area contributed by atoms with Crippen molar-refractivity contribution in [2.24, 2.45) is 29.6 Å². The summed E-state index contributed by atoms with van der Waals surface area (Å²) in [5.74, 6) is 5.45. The van der Waals surface area contributed by atoms with Gasteiger partial charge in [0, 0.05) is 0 Å². The second kappa shape index (κ2) is 4.89. The highest BCUT2D eigenvalue weighted by Crippen LogP contribution is 2.52. The average molecular weight is 208 g/mol. The van der Waals surface area contributed by atoms with Crippen LogP contribution in [0.3, 0.4) is 0 Å². The molecular weight excluding hydrogens is 180 g/mol. The molecule has 2 fully saturated rings. The summed E-state index contributed by atoms with van der Waals surface area (Å²) < 4.78 is 0. The van der Waals surface area contributed by atoms with Gasteiger partial charge in [-0.3, -0.25) is 0 Å². The smallest absolute Gasteiger partial charge is 0.0360 e. The SMILES string of the molecule is CCCC(CC)C1CCC2C(C)CC2C1. The highest BCUT2D eigenvalue weighted by atomic mass is 14.5. The van der Waals surface area contributed by atoms with Crippen molar-refractivity contribution in [2.45, 2.75) is 65.7 Å². The van der Waals surface area contributed by atoms with E-state index in [2.05, 4.69) is 20.8 Å². The Morgan fingerprint density at radius 2 is 1.93 bits per heavy atom. The summed E-state index contributed by atoms with van der Waals surface area (Å²) >= 11 is 0. The van der Waals surface area contributed by atoms with E-state index >= 15 is 0 Å². The Morgan fingerprint density at radius 3 is 2.47 bits per heavy atom. The fourth-order valence-corrected chi connectivity index (χ4v) is 4.37. The molecule has 2 aliphatic carbocycles. The molecule has 5 unspecified atom stereocenters. The Balaban J connectivity index is 1.84. The normalized spacial score (nSPS) is 41.8. The van der Waals surface area contributed by atoms with Crippen LogP contribution in [0, 0.1) is 29.6 Å². The minimum absolute atomic E-state index is 1.05. The molecule has 2 aliphatic rings. The highest BCUT2D eigenvalue weighted by Gasteiger charge is 2.42. The molecule has 0 nitrogen and oxygen atoms in total. The molecule has 0 aliphatic heterocycles. The fourth-order valence-electron chi connectivity index (χ4n) is 4.37. The highest BCUT2D eigenvalue weighted by molar-refractivity contribution is 4.93. The van der Waals surface area contributed by atoms with Gasteiger partial charge in [0.2, 0.25) is 0 Å². The first-order valence-electron chi connectivity index (χ1n) is 7.26. The van der Waals surface area contributed by atoms with Crippen molar-refractivity contribution in [2.75, 3.05) is 0 Å². The molecule has 88 valence electrons. The van der Waals surface area contributed by atoms with Gasteiger partial charge in [-0.05, 0) is 55.3 Å². The quantitative estimate of drug-likeness (QED) is 0.617. The Kier molecular flexibility index (Phi) is 3.74. The molecule has 15 heavy (non-hydrogen) atoms. The zero-order chi connectivity index (χ0) is 10.8. The van der Waals surface area contributed by atoms with Crippen molar-refractivity contribution in [3.8, 4) is 0 Å². The van der Waals surface area contributed by atoms with Crippen molar-refractivity contribution in [1.29, 1.82) is 0 Å². The van der Waals surface area contributed by atoms with Crippen LogP contribution in [0.15, 0.2) is 0 Å². The summed E-state index contributed by atoms with van der Waals surface area (Å²) in [6.45, 7) is 7.21. The van der Waals surface area contributed by atoms with Crippen molar-refractivity contribution in [3.05, 3.63) is 0 Å². The molecule has 0 saturated heterocycles. The number of rotatable bonds is 4. The maximum Gasteiger partial charge on any atom is -0.0360 e. The van der Waals surface area contributed by atoms with Gasteiger partial charge in [0.05, 0.1) is 0 Å². The third kappa shape index (κ3) is 2.24. The molecule has 2 saturated carbocycles. The summed E-state index contributed by atoms with van der Waals surface area (Å²) in [5, 5.41) is 0. The second-order valence-corrected chi connectivity index (χ2v) is 6.17. The molecule has 0 bridgehead atoms. The monoisotopic (exact) mass is 208 g/mol. The standard InChI is InChI=1S/C15H28/c1-4-6-12(5-2)13-7-8-15-11(3)9-14(15)10-13/h11-15H,4-10H2,1-3H3. The molecule has 0 amide bonds.